The lowest BCUT2D eigenvalue weighted by atomic mass is 9.95. The second kappa shape index (κ2) is 7.32. The average molecular weight is 352 g/mol. The minimum Gasteiger partial charge on any atom is -0.352 e. The second-order valence-electron chi connectivity index (χ2n) is 7.11. The Labute approximate surface area is 153 Å². The van der Waals surface area contributed by atoms with Gasteiger partial charge in [0.1, 0.15) is 12.4 Å². The summed E-state index contributed by atoms with van der Waals surface area (Å²) < 4.78 is 1.83. The fourth-order valence-corrected chi connectivity index (χ4v) is 3.84. The fraction of sp³-hybridized carbons (Fsp3) is 0.450. The third-order valence-electron chi connectivity index (χ3n) is 5.22. The largest absolute Gasteiger partial charge is 0.352 e. The molecular weight excluding hydrogens is 328 g/mol. The highest BCUT2D eigenvalue weighted by molar-refractivity contribution is 5.99. The van der Waals surface area contributed by atoms with E-state index in [2.05, 4.69) is 10.4 Å². The zero-order chi connectivity index (χ0) is 17.9. The van der Waals surface area contributed by atoms with Crippen molar-refractivity contribution in [2.45, 2.75) is 51.1 Å². The number of hydrogen-bond donors (Lipinski definition) is 1. The summed E-state index contributed by atoms with van der Waals surface area (Å²) in [5, 5.41) is 7.71. The van der Waals surface area contributed by atoms with Crippen LogP contribution in [0.5, 0.6) is 0 Å². The van der Waals surface area contributed by atoms with E-state index in [1.807, 2.05) is 41.1 Å². The van der Waals surface area contributed by atoms with E-state index in [1.165, 1.54) is 19.3 Å². The lowest BCUT2D eigenvalue weighted by molar-refractivity contribution is -0.125. The molecule has 6 heteroatoms. The fourth-order valence-electron chi connectivity index (χ4n) is 3.84. The molecule has 0 bridgehead atoms. The van der Waals surface area contributed by atoms with Crippen LogP contribution in [-0.2, 0) is 16.1 Å². The van der Waals surface area contributed by atoms with Crippen LogP contribution in [0.3, 0.4) is 0 Å². The highest BCUT2D eigenvalue weighted by Gasteiger charge is 2.28. The van der Waals surface area contributed by atoms with Gasteiger partial charge in [0.05, 0.1) is 12.2 Å². The van der Waals surface area contributed by atoms with E-state index in [0.29, 0.717) is 18.8 Å². The number of nitrogens with one attached hydrogen (secondary N) is 1. The molecule has 1 aliphatic heterocycles. The van der Waals surface area contributed by atoms with Crippen molar-refractivity contribution in [1.82, 2.24) is 15.1 Å². The summed E-state index contributed by atoms with van der Waals surface area (Å²) in [5.41, 5.74) is 1.83. The molecule has 1 aromatic heterocycles. The van der Waals surface area contributed by atoms with Crippen LogP contribution in [0, 0.1) is 0 Å². The van der Waals surface area contributed by atoms with Gasteiger partial charge in [-0.3, -0.25) is 14.5 Å². The zero-order valence-corrected chi connectivity index (χ0v) is 14.9. The molecule has 136 valence electrons. The summed E-state index contributed by atoms with van der Waals surface area (Å²) in [4.78, 5) is 26.5. The van der Waals surface area contributed by atoms with Gasteiger partial charge in [-0.15, -0.1) is 0 Å². The molecule has 1 aliphatic carbocycles. The van der Waals surface area contributed by atoms with Crippen LogP contribution in [0.2, 0.25) is 0 Å². The molecule has 2 aromatic rings. The number of carbonyl (C=O) groups is 2. The van der Waals surface area contributed by atoms with Crippen molar-refractivity contribution in [2.24, 2.45) is 0 Å². The third kappa shape index (κ3) is 3.49. The van der Waals surface area contributed by atoms with Crippen molar-refractivity contribution < 1.29 is 9.59 Å². The molecular formula is C20H24N4O2. The molecule has 2 heterocycles. The van der Waals surface area contributed by atoms with Crippen molar-refractivity contribution in [1.29, 1.82) is 0 Å². The number of benzene rings is 1. The van der Waals surface area contributed by atoms with Gasteiger partial charge in [0.25, 0.3) is 0 Å². The molecule has 26 heavy (non-hydrogen) atoms. The Balaban J connectivity index is 1.51. The van der Waals surface area contributed by atoms with Crippen LogP contribution in [0.15, 0.2) is 36.4 Å². The van der Waals surface area contributed by atoms with Crippen LogP contribution in [0.1, 0.15) is 38.5 Å². The number of fused-ring (bicyclic) bond motifs is 1. The highest BCUT2D eigenvalue weighted by atomic mass is 16.2. The van der Waals surface area contributed by atoms with Gasteiger partial charge in [-0.05, 0) is 12.8 Å². The molecule has 2 aliphatic rings. The molecule has 0 saturated heterocycles. The molecule has 6 nitrogen and oxygen atoms in total. The first-order valence-corrected chi connectivity index (χ1v) is 9.44. The van der Waals surface area contributed by atoms with Crippen LogP contribution in [-0.4, -0.2) is 34.2 Å². The smallest absolute Gasteiger partial charge is 0.240 e. The van der Waals surface area contributed by atoms with Gasteiger partial charge < -0.3 is 5.32 Å². The van der Waals surface area contributed by atoms with Crippen molar-refractivity contribution >= 4 is 17.6 Å². The Hall–Kier alpha value is -2.63. The van der Waals surface area contributed by atoms with Gasteiger partial charge in [0.15, 0.2) is 0 Å². The molecule has 1 N–H and O–H groups in total. The number of aromatic nitrogens is 2. The van der Waals surface area contributed by atoms with Gasteiger partial charge in [-0.1, -0.05) is 49.6 Å². The maximum atomic E-state index is 12.5. The molecule has 0 spiro atoms. The lowest BCUT2D eigenvalue weighted by Crippen LogP contribution is -2.47. The molecule has 0 radical (unpaired) electrons. The van der Waals surface area contributed by atoms with E-state index in [0.717, 1.165) is 24.1 Å². The van der Waals surface area contributed by atoms with E-state index >= 15 is 0 Å². The number of hydrogen-bond acceptors (Lipinski definition) is 3. The Morgan fingerprint density at radius 1 is 1.15 bits per heavy atom. The van der Waals surface area contributed by atoms with Crippen molar-refractivity contribution in [3.8, 4) is 11.3 Å². The summed E-state index contributed by atoms with van der Waals surface area (Å²) in [5.74, 6) is 0.607. The Bertz CT molecular complexity index is 793. The molecule has 0 unspecified atom stereocenters. The quantitative estimate of drug-likeness (QED) is 0.920. The molecule has 1 saturated carbocycles. The van der Waals surface area contributed by atoms with Crippen LogP contribution in [0.25, 0.3) is 11.3 Å². The molecule has 2 amide bonds. The predicted molar refractivity (Wildman–Crippen MR) is 99.6 cm³/mol. The number of rotatable bonds is 4. The van der Waals surface area contributed by atoms with Crippen LogP contribution < -0.4 is 10.2 Å². The maximum absolute atomic E-state index is 12.5. The number of anilines is 1. The minimum absolute atomic E-state index is 0.0178. The van der Waals surface area contributed by atoms with Gasteiger partial charge >= 0.3 is 0 Å². The lowest BCUT2D eigenvalue weighted by Gasteiger charge is -2.28. The second-order valence-corrected chi connectivity index (χ2v) is 7.11. The number of aryl methyl sites for hydroxylation is 1. The van der Waals surface area contributed by atoms with Gasteiger partial charge in [0, 0.05) is 24.1 Å². The SMILES string of the molecule is O=C(CN1C(=O)CCn2nc(-c3ccccc3)cc21)NC1CCCCC1. The van der Waals surface area contributed by atoms with Crippen molar-refractivity contribution in [3.63, 3.8) is 0 Å². The van der Waals surface area contributed by atoms with E-state index in [9.17, 15) is 9.59 Å². The monoisotopic (exact) mass is 352 g/mol. The van der Waals surface area contributed by atoms with E-state index in [4.69, 9.17) is 0 Å². The standard InChI is InChI=1S/C20H24N4O2/c25-18(21-16-9-5-2-6-10-16)14-23-19-13-17(15-7-3-1-4-8-15)22-24(19)12-11-20(23)26/h1,3-4,7-8,13,16H,2,5-6,9-12,14H2,(H,21,25). The Kier molecular flexibility index (Phi) is 4.73. The summed E-state index contributed by atoms with van der Waals surface area (Å²) in [6.45, 7) is 0.622. The van der Waals surface area contributed by atoms with Crippen molar-refractivity contribution in [2.75, 3.05) is 11.4 Å². The Morgan fingerprint density at radius 3 is 2.69 bits per heavy atom. The van der Waals surface area contributed by atoms with Crippen LogP contribution >= 0.6 is 0 Å². The molecule has 1 aromatic carbocycles. The summed E-state index contributed by atoms with van der Waals surface area (Å²) in [6, 6.07) is 12.0. The summed E-state index contributed by atoms with van der Waals surface area (Å²) in [7, 11) is 0. The minimum atomic E-state index is -0.0823. The molecule has 1 fully saturated rings. The van der Waals surface area contributed by atoms with E-state index in [-0.39, 0.29) is 24.4 Å². The number of carbonyl (C=O) groups excluding carboxylic acids is 2. The summed E-state index contributed by atoms with van der Waals surface area (Å²) in [6.07, 6.45) is 6.03. The average Bonchev–Trinajstić information content (AvgIpc) is 3.10. The molecule has 0 atom stereocenters. The van der Waals surface area contributed by atoms with Crippen molar-refractivity contribution in [3.05, 3.63) is 36.4 Å². The maximum Gasteiger partial charge on any atom is 0.240 e. The van der Waals surface area contributed by atoms with Gasteiger partial charge in [0.2, 0.25) is 11.8 Å². The first kappa shape index (κ1) is 16.8. The van der Waals surface area contributed by atoms with E-state index < -0.39 is 0 Å². The number of amides is 2. The summed E-state index contributed by atoms with van der Waals surface area (Å²) >= 11 is 0. The predicted octanol–water partition coefficient (Wildman–Crippen LogP) is 2.74. The van der Waals surface area contributed by atoms with Crippen LogP contribution in [0.4, 0.5) is 5.82 Å². The number of nitrogens with zero attached hydrogens (tertiary/aromatic N) is 3. The van der Waals surface area contributed by atoms with E-state index in [1.54, 1.807) is 4.90 Å². The molecule has 4 rings (SSSR count). The zero-order valence-electron chi connectivity index (χ0n) is 14.9. The first-order chi connectivity index (χ1) is 12.7. The van der Waals surface area contributed by atoms with Gasteiger partial charge in [-0.2, -0.15) is 5.10 Å². The topological polar surface area (TPSA) is 67.2 Å². The highest BCUT2D eigenvalue weighted by Crippen LogP contribution is 2.28. The Morgan fingerprint density at radius 2 is 1.92 bits per heavy atom. The normalized spacial score (nSPS) is 17.8. The van der Waals surface area contributed by atoms with Gasteiger partial charge in [-0.25, -0.2) is 4.68 Å². The first-order valence-electron chi connectivity index (χ1n) is 9.44. The third-order valence-corrected chi connectivity index (χ3v) is 5.22.